The Morgan fingerprint density at radius 2 is 1.80 bits per heavy atom. The zero-order chi connectivity index (χ0) is 21.9. The molecule has 1 atom stereocenters. The van der Waals surface area contributed by atoms with Crippen LogP contribution in [-0.4, -0.2) is 73.8 Å². The highest BCUT2D eigenvalue weighted by atomic mass is 32.2. The van der Waals surface area contributed by atoms with E-state index in [1.54, 1.807) is 17.0 Å². The van der Waals surface area contributed by atoms with Crippen LogP contribution < -0.4 is 4.90 Å². The van der Waals surface area contributed by atoms with Crippen LogP contribution in [0.15, 0.2) is 18.2 Å². The van der Waals surface area contributed by atoms with Crippen LogP contribution in [0.4, 0.5) is 10.1 Å². The molecule has 0 radical (unpaired) electrons. The van der Waals surface area contributed by atoms with Crippen LogP contribution in [-0.2, 0) is 14.8 Å². The van der Waals surface area contributed by atoms with Crippen molar-refractivity contribution in [3.8, 4) is 0 Å². The number of Topliss-reactive ketones (excluding diaryl/α,β-unsaturated/α-hetero) is 1. The van der Waals surface area contributed by atoms with Gasteiger partial charge in [-0.15, -0.1) is 0 Å². The summed E-state index contributed by atoms with van der Waals surface area (Å²) in [6, 6.07) is 3.82. The first-order valence-electron chi connectivity index (χ1n) is 10.6. The number of amides is 1. The van der Waals surface area contributed by atoms with Gasteiger partial charge in [-0.1, -0.05) is 13.3 Å². The summed E-state index contributed by atoms with van der Waals surface area (Å²) in [6.07, 6.45) is 2.67. The van der Waals surface area contributed by atoms with E-state index in [0.717, 1.165) is 12.8 Å². The van der Waals surface area contributed by atoms with Crippen molar-refractivity contribution in [2.45, 2.75) is 45.6 Å². The van der Waals surface area contributed by atoms with Crippen LogP contribution in [0.25, 0.3) is 0 Å². The molecule has 0 N–H and O–H groups in total. The second-order valence-corrected chi connectivity index (χ2v) is 10.0. The van der Waals surface area contributed by atoms with Crippen LogP contribution in [0.2, 0.25) is 0 Å². The van der Waals surface area contributed by atoms with Gasteiger partial charge in [0.05, 0.1) is 11.4 Å². The number of anilines is 1. The van der Waals surface area contributed by atoms with E-state index in [4.69, 9.17) is 0 Å². The van der Waals surface area contributed by atoms with Crippen molar-refractivity contribution < 1.29 is 22.4 Å². The molecule has 2 aliphatic rings. The minimum absolute atomic E-state index is 0.0556. The van der Waals surface area contributed by atoms with E-state index in [2.05, 4.69) is 0 Å². The van der Waals surface area contributed by atoms with Gasteiger partial charge in [0, 0.05) is 38.3 Å². The summed E-state index contributed by atoms with van der Waals surface area (Å²) in [5.41, 5.74) is 0.743. The molecular weight excluding hydrogens is 409 g/mol. The van der Waals surface area contributed by atoms with Gasteiger partial charge in [0.2, 0.25) is 15.9 Å². The van der Waals surface area contributed by atoms with E-state index in [1.165, 1.54) is 17.3 Å². The second kappa shape index (κ2) is 9.43. The molecule has 0 spiro atoms. The Morgan fingerprint density at radius 3 is 2.40 bits per heavy atom. The minimum atomic E-state index is -3.44. The highest BCUT2D eigenvalue weighted by molar-refractivity contribution is 7.89. The Morgan fingerprint density at radius 1 is 1.10 bits per heavy atom. The van der Waals surface area contributed by atoms with Gasteiger partial charge in [-0.25, -0.2) is 12.8 Å². The number of carbonyl (C=O) groups excluding carboxylic acids is 2. The predicted molar refractivity (Wildman–Crippen MR) is 114 cm³/mol. The van der Waals surface area contributed by atoms with Crippen molar-refractivity contribution in [1.29, 1.82) is 0 Å². The summed E-state index contributed by atoms with van der Waals surface area (Å²) in [7, 11) is -3.44. The number of benzene rings is 1. The number of piperazine rings is 1. The van der Waals surface area contributed by atoms with Crippen molar-refractivity contribution in [2.75, 3.05) is 43.4 Å². The first-order chi connectivity index (χ1) is 14.2. The number of ketones is 1. The number of nitrogens with zero attached hydrogens (tertiary/aromatic N) is 3. The minimum Gasteiger partial charge on any atom is -0.366 e. The lowest BCUT2D eigenvalue weighted by Crippen LogP contribution is -2.57. The summed E-state index contributed by atoms with van der Waals surface area (Å²) in [6.45, 7) is 5.34. The number of halogens is 1. The molecule has 1 aromatic rings. The van der Waals surface area contributed by atoms with Gasteiger partial charge in [0.15, 0.2) is 5.78 Å². The van der Waals surface area contributed by atoms with Gasteiger partial charge in [-0.3, -0.25) is 9.59 Å². The first-order valence-corrected chi connectivity index (χ1v) is 12.2. The summed E-state index contributed by atoms with van der Waals surface area (Å²) in [5.74, 6) is -0.737. The molecule has 7 nitrogen and oxygen atoms in total. The molecule has 1 unspecified atom stereocenters. The summed E-state index contributed by atoms with van der Waals surface area (Å²) >= 11 is 0. The monoisotopic (exact) mass is 439 g/mol. The molecule has 2 heterocycles. The molecule has 0 bridgehead atoms. The van der Waals surface area contributed by atoms with Gasteiger partial charge < -0.3 is 9.80 Å². The average Bonchev–Trinajstić information content (AvgIpc) is 2.73. The number of rotatable bonds is 6. The number of sulfonamides is 1. The van der Waals surface area contributed by atoms with Crippen molar-refractivity contribution in [3.63, 3.8) is 0 Å². The highest BCUT2D eigenvalue weighted by Gasteiger charge is 2.39. The van der Waals surface area contributed by atoms with Gasteiger partial charge in [-0.05, 0) is 44.4 Å². The number of piperidine rings is 1. The van der Waals surface area contributed by atoms with E-state index in [0.29, 0.717) is 56.8 Å². The van der Waals surface area contributed by atoms with Gasteiger partial charge in [0.1, 0.15) is 11.9 Å². The molecular formula is C21H30FN3O4S. The van der Waals surface area contributed by atoms with Crippen molar-refractivity contribution in [1.82, 2.24) is 9.21 Å². The molecule has 0 saturated carbocycles. The number of hydrogen-bond donors (Lipinski definition) is 0. The molecule has 2 aliphatic heterocycles. The second-order valence-electron chi connectivity index (χ2n) is 7.97. The Kier molecular flexibility index (Phi) is 7.13. The van der Waals surface area contributed by atoms with Gasteiger partial charge >= 0.3 is 0 Å². The third-order valence-corrected chi connectivity index (χ3v) is 7.92. The Hall–Kier alpha value is -2.00. The fourth-order valence-corrected chi connectivity index (χ4v) is 5.96. The van der Waals surface area contributed by atoms with E-state index < -0.39 is 21.9 Å². The largest absolute Gasteiger partial charge is 0.366 e. The van der Waals surface area contributed by atoms with E-state index in [-0.39, 0.29) is 17.4 Å². The van der Waals surface area contributed by atoms with Crippen LogP contribution in [0, 0.1) is 5.82 Å². The molecule has 9 heteroatoms. The third kappa shape index (κ3) is 4.83. The maximum absolute atomic E-state index is 14.4. The molecule has 0 aromatic heterocycles. The standard InChI is InChI=1S/C21H30FN3O4S/c1-3-14-30(28,29)25-9-5-4-6-20(25)21(27)24-12-10-23(11-13-24)19-8-7-17(16(2)26)15-18(19)22/h7-8,15,20H,3-6,9-14H2,1-2H3. The smallest absolute Gasteiger partial charge is 0.241 e. The normalized spacial score (nSPS) is 21.0. The number of hydrogen-bond acceptors (Lipinski definition) is 5. The quantitative estimate of drug-likeness (QED) is 0.636. The summed E-state index contributed by atoms with van der Waals surface area (Å²) in [5, 5.41) is 0. The van der Waals surface area contributed by atoms with E-state index in [9.17, 15) is 22.4 Å². The SMILES string of the molecule is CCCS(=O)(=O)N1CCCCC1C(=O)N1CCN(c2ccc(C(C)=O)cc2F)CC1. The maximum Gasteiger partial charge on any atom is 0.241 e. The molecule has 1 aromatic carbocycles. The fraction of sp³-hybridized carbons (Fsp3) is 0.619. The molecule has 30 heavy (non-hydrogen) atoms. The van der Waals surface area contributed by atoms with E-state index >= 15 is 0 Å². The van der Waals surface area contributed by atoms with E-state index in [1.807, 2.05) is 11.8 Å². The Labute approximate surface area is 177 Å². The van der Waals surface area contributed by atoms with Crippen molar-refractivity contribution in [3.05, 3.63) is 29.6 Å². The lowest BCUT2D eigenvalue weighted by molar-refractivity contribution is -0.136. The molecule has 1 amide bonds. The Balaban J connectivity index is 1.67. The first kappa shape index (κ1) is 22.7. The number of carbonyl (C=O) groups is 2. The average molecular weight is 440 g/mol. The topological polar surface area (TPSA) is 78.0 Å². The van der Waals surface area contributed by atoms with Crippen LogP contribution in [0.5, 0.6) is 0 Å². The van der Waals surface area contributed by atoms with Crippen molar-refractivity contribution in [2.24, 2.45) is 0 Å². The lowest BCUT2D eigenvalue weighted by atomic mass is 10.0. The summed E-state index contributed by atoms with van der Waals surface area (Å²) in [4.78, 5) is 28.1. The zero-order valence-corrected chi connectivity index (χ0v) is 18.5. The fourth-order valence-electron chi connectivity index (χ4n) is 4.22. The zero-order valence-electron chi connectivity index (χ0n) is 17.6. The molecule has 166 valence electrons. The molecule has 2 saturated heterocycles. The lowest BCUT2D eigenvalue weighted by Gasteiger charge is -2.41. The van der Waals surface area contributed by atoms with Crippen molar-refractivity contribution >= 4 is 27.4 Å². The third-order valence-electron chi connectivity index (χ3n) is 5.84. The van der Waals surface area contributed by atoms with Crippen LogP contribution >= 0.6 is 0 Å². The molecule has 0 aliphatic carbocycles. The van der Waals surface area contributed by atoms with Crippen LogP contribution in [0.1, 0.15) is 49.9 Å². The molecule has 2 fully saturated rings. The Bertz CT molecular complexity index is 898. The predicted octanol–water partition coefficient (Wildman–Crippen LogP) is 2.27. The maximum atomic E-state index is 14.4. The summed E-state index contributed by atoms with van der Waals surface area (Å²) < 4.78 is 41.1. The highest BCUT2D eigenvalue weighted by Crippen LogP contribution is 2.26. The molecule has 3 rings (SSSR count). The van der Waals surface area contributed by atoms with Gasteiger partial charge in [-0.2, -0.15) is 4.31 Å². The van der Waals surface area contributed by atoms with Crippen LogP contribution in [0.3, 0.4) is 0 Å². The van der Waals surface area contributed by atoms with Gasteiger partial charge in [0.25, 0.3) is 0 Å².